The maximum atomic E-state index is 6.38. The lowest BCUT2D eigenvalue weighted by molar-refractivity contribution is 0.419. The third kappa shape index (κ3) is 4.78. The van der Waals surface area contributed by atoms with E-state index in [4.69, 9.17) is 4.43 Å². The van der Waals surface area contributed by atoms with Gasteiger partial charge in [0.05, 0.1) is 5.25 Å². The first-order chi connectivity index (χ1) is 11.2. The molecule has 2 aromatic rings. The topological polar surface area (TPSA) is 9.23 Å². The van der Waals surface area contributed by atoms with Crippen molar-refractivity contribution in [1.29, 1.82) is 0 Å². The second kappa shape index (κ2) is 7.62. The van der Waals surface area contributed by atoms with Crippen LogP contribution in [0.25, 0.3) is 0 Å². The first kappa shape index (κ1) is 18.9. The van der Waals surface area contributed by atoms with Crippen molar-refractivity contribution in [2.75, 3.05) is 0 Å². The van der Waals surface area contributed by atoms with Gasteiger partial charge in [0.25, 0.3) is 8.32 Å². The van der Waals surface area contributed by atoms with Gasteiger partial charge in [-0.2, -0.15) is 0 Å². The van der Waals surface area contributed by atoms with E-state index in [9.17, 15) is 0 Å². The molecular weight excluding hydrogens is 328 g/mol. The van der Waals surface area contributed by atoms with Gasteiger partial charge in [-0.3, -0.25) is 0 Å². The van der Waals surface area contributed by atoms with Crippen LogP contribution in [0.3, 0.4) is 0 Å². The number of thioether (sulfide) groups is 1. The zero-order valence-corrected chi connectivity index (χ0v) is 17.2. The summed E-state index contributed by atoms with van der Waals surface area (Å²) in [6, 6.07) is 21.1. The summed E-state index contributed by atoms with van der Waals surface area (Å²) >= 11 is 1.71. The summed E-state index contributed by atoms with van der Waals surface area (Å²) in [5, 5.41) is 1.19. The van der Waals surface area contributed by atoms with Crippen molar-refractivity contribution in [1.82, 2.24) is 0 Å². The SMILES string of the molecule is C=C(O[Si](C)(C)C(C)(C)C)SC(c1ccccc1)c1ccccc1. The molecule has 0 radical (unpaired) electrons. The normalized spacial score (nSPS) is 12.2. The van der Waals surface area contributed by atoms with E-state index in [1.54, 1.807) is 11.8 Å². The Hall–Kier alpha value is -1.45. The van der Waals surface area contributed by atoms with E-state index in [0.29, 0.717) is 0 Å². The number of hydrogen-bond donors (Lipinski definition) is 0. The predicted octanol–water partition coefficient (Wildman–Crippen LogP) is 7.00. The molecule has 128 valence electrons. The molecule has 0 N–H and O–H groups in total. The molecule has 0 aliphatic carbocycles. The van der Waals surface area contributed by atoms with Crippen molar-refractivity contribution in [3.05, 3.63) is 83.5 Å². The molecule has 3 heteroatoms. The van der Waals surface area contributed by atoms with Crippen LogP contribution < -0.4 is 0 Å². The van der Waals surface area contributed by atoms with E-state index in [2.05, 4.69) is 101 Å². The van der Waals surface area contributed by atoms with E-state index in [1.165, 1.54) is 11.1 Å². The Morgan fingerprint density at radius 1 is 0.917 bits per heavy atom. The summed E-state index contributed by atoms with van der Waals surface area (Å²) in [6.45, 7) is 15.5. The van der Waals surface area contributed by atoms with Crippen LogP contribution in [0.1, 0.15) is 37.1 Å². The van der Waals surface area contributed by atoms with Crippen molar-refractivity contribution >= 4 is 20.1 Å². The summed E-state index contributed by atoms with van der Waals surface area (Å²) in [6.07, 6.45) is 0. The monoisotopic (exact) mass is 356 g/mol. The molecule has 0 spiro atoms. The van der Waals surface area contributed by atoms with Crippen LogP contribution in [0.4, 0.5) is 0 Å². The smallest absolute Gasteiger partial charge is 0.251 e. The molecule has 24 heavy (non-hydrogen) atoms. The van der Waals surface area contributed by atoms with Crippen LogP contribution in [0.2, 0.25) is 18.1 Å². The molecule has 0 heterocycles. The third-order valence-electron chi connectivity index (χ3n) is 4.63. The van der Waals surface area contributed by atoms with E-state index < -0.39 is 8.32 Å². The Morgan fingerprint density at radius 3 is 1.71 bits per heavy atom. The number of hydrogen-bond acceptors (Lipinski definition) is 2. The highest BCUT2D eigenvalue weighted by Gasteiger charge is 2.39. The quantitative estimate of drug-likeness (QED) is 0.407. The largest absolute Gasteiger partial charge is 0.539 e. The molecule has 0 saturated carbocycles. The van der Waals surface area contributed by atoms with Gasteiger partial charge in [-0.1, -0.05) is 99.8 Å². The molecule has 0 fully saturated rings. The van der Waals surface area contributed by atoms with Crippen molar-refractivity contribution in [3.63, 3.8) is 0 Å². The van der Waals surface area contributed by atoms with Crippen LogP contribution >= 0.6 is 11.8 Å². The van der Waals surface area contributed by atoms with Crippen molar-refractivity contribution < 1.29 is 4.43 Å². The molecule has 0 aliphatic heterocycles. The summed E-state index contributed by atoms with van der Waals surface area (Å²) in [5.41, 5.74) is 2.54. The highest BCUT2D eigenvalue weighted by molar-refractivity contribution is 8.03. The Balaban J connectivity index is 2.22. The average molecular weight is 357 g/mol. The van der Waals surface area contributed by atoms with Gasteiger partial charge in [-0.15, -0.1) is 0 Å². The van der Waals surface area contributed by atoms with Crippen LogP contribution in [0.5, 0.6) is 0 Å². The fraction of sp³-hybridized carbons (Fsp3) is 0.333. The van der Waals surface area contributed by atoms with E-state index >= 15 is 0 Å². The third-order valence-corrected chi connectivity index (χ3v) is 10.3. The second-order valence-corrected chi connectivity index (χ2v) is 13.4. The Labute approximate surface area is 152 Å². The van der Waals surface area contributed by atoms with Gasteiger partial charge in [-0.05, 0) is 29.3 Å². The standard InChI is InChI=1S/C21H28OSSi/c1-17(22-24(5,6)21(2,3)4)23-20(18-13-9-7-10-14-18)19-15-11-8-12-16-19/h7-16,20H,1H2,2-6H3. The highest BCUT2D eigenvalue weighted by atomic mass is 32.2. The Kier molecular flexibility index (Phi) is 6.00. The first-order valence-electron chi connectivity index (χ1n) is 8.35. The minimum Gasteiger partial charge on any atom is -0.539 e. The molecule has 0 bridgehead atoms. The van der Waals surface area contributed by atoms with Gasteiger partial charge in [0, 0.05) is 0 Å². The Morgan fingerprint density at radius 2 is 1.33 bits per heavy atom. The van der Waals surface area contributed by atoms with Crippen LogP contribution in [-0.4, -0.2) is 8.32 Å². The predicted molar refractivity (Wildman–Crippen MR) is 110 cm³/mol. The van der Waals surface area contributed by atoms with Gasteiger partial charge in [-0.25, -0.2) is 0 Å². The lowest BCUT2D eigenvalue weighted by Crippen LogP contribution is -2.40. The summed E-state index contributed by atoms with van der Waals surface area (Å²) in [4.78, 5) is 0. The van der Waals surface area contributed by atoms with Crippen molar-refractivity contribution in [2.45, 2.75) is 44.2 Å². The van der Waals surface area contributed by atoms with Crippen molar-refractivity contribution in [3.8, 4) is 0 Å². The minimum absolute atomic E-state index is 0.172. The molecule has 0 atom stereocenters. The summed E-state index contributed by atoms with van der Waals surface area (Å²) in [5.74, 6) is 0. The molecule has 1 nitrogen and oxygen atoms in total. The molecule has 0 aliphatic rings. The fourth-order valence-electron chi connectivity index (χ4n) is 2.18. The Bertz CT molecular complexity index is 620. The zero-order chi connectivity index (χ0) is 17.8. The zero-order valence-electron chi connectivity index (χ0n) is 15.4. The summed E-state index contributed by atoms with van der Waals surface area (Å²) < 4.78 is 6.38. The number of benzene rings is 2. The summed E-state index contributed by atoms with van der Waals surface area (Å²) in [7, 11) is -1.86. The molecule has 2 aromatic carbocycles. The van der Waals surface area contributed by atoms with Gasteiger partial charge in [0.2, 0.25) is 0 Å². The van der Waals surface area contributed by atoms with Crippen LogP contribution in [-0.2, 0) is 4.43 Å². The lowest BCUT2D eigenvalue weighted by atomic mass is 10.0. The minimum atomic E-state index is -1.86. The highest BCUT2D eigenvalue weighted by Crippen LogP contribution is 2.44. The van der Waals surface area contributed by atoms with E-state index in [0.717, 1.165) is 5.09 Å². The van der Waals surface area contributed by atoms with E-state index in [-0.39, 0.29) is 10.3 Å². The fourth-order valence-corrected chi connectivity index (χ4v) is 4.72. The maximum Gasteiger partial charge on any atom is 0.251 e. The van der Waals surface area contributed by atoms with Gasteiger partial charge >= 0.3 is 0 Å². The molecular formula is C21H28OSSi. The first-order valence-corrected chi connectivity index (χ1v) is 12.1. The van der Waals surface area contributed by atoms with Gasteiger partial charge in [0.1, 0.15) is 5.09 Å². The lowest BCUT2D eigenvalue weighted by Gasteiger charge is -2.37. The molecule has 0 unspecified atom stereocenters. The van der Waals surface area contributed by atoms with Gasteiger partial charge in [0.15, 0.2) is 0 Å². The van der Waals surface area contributed by atoms with E-state index in [1.807, 2.05) is 0 Å². The maximum absolute atomic E-state index is 6.38. The molecule has 0 aromatic heterocycles. The van der Waals surface area contributed by atoms with Crippen LogP contribution in [0, 0.1) is 0 Å². The molecule has 0 saturated heterocycles. The van der Waals surface area contributed by atoms with Crippen LogP contribution in [0.15, 0.2) is 72.3 Å². The molecule has 2 rings (SSSR count). The van der Waals surface area contributed by atoms with Gasteiger partial charge < -0.3 is 4.43 Å². The average Bonchev–Trinajstić information content (AvgIpc) is 2.53. The number of rotatable bonds is 6. The molecule has 0 amide bonds. The van der Waals surface area contributed by atoms with Crippen molar-refractivity contribution in [2.24, 2.45) is 0 Å². The second-order valence-electron chi connectivity index (χ2n) is 7.55.